The van der Waals surface area contributed by atoms with Crippen molar-refractivity contribution < 1.29 is 9.18 Å². The molecule has 25 heavy (non-hydrogen) atoms. The number of hydrogen-bond donors (Lipinski definition) is 1. The minimum absolute atomic E-state index is 0.128. The fraction of sp³-hybridized carbons (Fsp3) is 0.333. The Morgan fingerprint density at radius 3 is 2.76 bits per heavy atom. The molecule has 1 unspecified atom stereocenters. The molecule has 0 spiro atoms. The van der Waals surface area contributed by atoms with Gasteiger partial charge in [0.25, 0.3) is 0 Å². The number of halogens is 2. The summed E-state index contributed by atoms with van der Waals surface area (Å²) < 4.78 is 15.0. The lowest BCUT2D eigenvalue weighted by Gasteiger charge is -2.24. The van der Waals surface area contributed by atoms with E-state index in [1.54, 1.807) is 23.9 Å². The molecule has 5 nitrogen and oxygen atoms in total. The van der Waals surface area contributed by atoms with Crippen LogP contribution in [0.5, 0.6) is 0 Å². The van der Waals surface area contributed by atoms with Crippen molar-refractivity contribution in [2.45, 2.75) is 13.0 Å². The molecule has 1 atom stereocenters. The molecule has 0 aliphatic rings. The van der Waals surface area contributed by atoms with Crippen LogP contribution in [0.15, 0.2) is 30.3 Å². The molecule has 0 fully saturated rings. The Labute approximate surface area is 152 Å². The first kappa shape index (κ1) is 19.1. The van der Waals surface area contributed by atoms with Crippen LogP contribution in [0.2, 0.25) is 5.15 Å². The van der Waals surface area contributed by atoms with E-state index in [-0.39, 0.29) is 17.8 Å². The molecule has 0 saturated heterocycles. The minimum atomic E-state index is -0.294. The Bertz CT molecular complexity index is 785. The Kier molecular flexibility index (Phi) is 6.33. The van der Waals surface area contributed by atoms with Gasteiger partial charge in [-0.3, -0.25) is 9.48 Å². The summed E-state index contributed by atoms with van der Waals surface area (Å²) in [6.07, 6.45) is 3.07. The van der Waals surface area contributed by atoms with Gasteiger partial charge >= 0.3 is 0 Å². The van der Waals surface area contributed by atoms with Gasteiger partial charge < -0.3 is 10.2 Å². The average molecular weight is 365 g/mol. The fourth-order valence-corrected chi connectivity index (χ4v) is 2.80. The largest absolute Gasteiger partial charge is 0.351 e. The molecular formula is C18H22ClFN4O. The zero-order chi connectivity index (χ0) is 18.6. The van der Waals surface area contributed by atoms with Crippen molar-refractivity contribution in [2.75, 3.05) is 20.6 Å². The molecule has 2 aromatic rings. The number of hydrogen-bond acceptors (Lipinski definition) is 3. The highest BCUT2D eigenvalue weighted by Gasteiger charge is 2.15. The van der Waals surface area contributed by atoms with E-state index in [1.807, 2.05) is 32.0 Å². The van der Waals surface area contributed by atoms with Crippen LogP contribution in [0.4, 0.5) is 4.39 Å². The van der Waals surface area contributed by atoms with Gasteiger partial charge in [0.05, 0.1) is 11.7 Å². The minimum Gasteiger partial charge on any atom is -0.351 e. The summed E-state index contributed by atoms with van der Waals surface area (Å²) in [5, 5.41) is 7.51. The van der Waals surface area contributed by atoms with Gasteiger partial charge in [-0.1, -0.05) is 23.7 Å². The summed E-state index contributed by atoms with van der Waals surface area (Å²) in [5.74, 6) is -0.542. The first-order chi connectivity index (χ1) is 11.8. The van der Waals surface area contributed by atoms with Crippen LogP contribution in [-0.4, -0.2) is 41.2 Å². The molecular weight excluding hydrogens is 343 g/mol. The molecule has 1 amide bonds. The smallest absolute Gasteiger partial charge is 0.244 e. The molecule has 1 aromatic heterocycles. The molecule has 1 N–H and O–H groups in total. The third kappa shape index (κ3) is 4.90. The third-order valence-corrected chi connectivity index (χ3v) is 4.37. The van der Waals surface area contributed by atoms with Crippen molar-refractivity contribution in [1.82, 2.24) is 20.0 Å². The van der Waals surface area contributed by atoms with Crippen LogP contribution < -0.4 is 5.32 Å². The monoisotopic (exact) mass is 364 g/mol. The molecule has 0 radical (unpaired) electrons. The van der Waals surface area contributed by atoms with Crippen molar-refractivity contribution in [3.8, 4) is 0 Å². The van der Waals surface area contributed by atoms with E-state index in [0.717, 1.165) is 11.3 Å². The molecule has 7 heteroatoms. The highest BCUT2D eigenvalue weighted by Crippen LogP contribution is 2.20. The molecule has 2 rings (SSSR count). The topological polar surface area (TPSA) is 50.2 Å². The quantitative estimate of drug-likeness (QED) is 0.802. The van der Waals surface area contributed by atoms with Gasteiger partial charge in [0.15, 0.2) is 0 Å². The summed E-state index contributed by atoms with van der Waals surface area (Å²) >= 11 is 6.14. The number of likely N-dealkylation sites (N-methyl/N-ethyl adjacent to an activating group) is 1. The number of nitrogens with one attached hydrogen (secondary N) is 1. The summed E-state index contributed by atoms with van der Waals surface area (Å²) in [5.41, 5.74) is 2.27. The maximum atomic E-state index is 13.4. The predicted molar refractivity (Wildman–Crippen MR) is 97.8 cm³/mol. The Hall–Kier alpha value is -2.18. The van der Waals surface area contributed by atoms with E-state index in [9.17, 15) is 9.18 Å². The van der Waals surface area contributed by atoms with Gasteiger partial charge in [0.2, 0.25) is 5.91 Å². The molecule has 0 aliphatic heterocycles. The summed E-state index contributed by atoms with van der Waals surface area (Å²) in [6, 6.07) is 6.25. The Balaban J connectivity index is 2.03. The standard InChI is InChI=1S/C18H22ClFN4O/c1-12-15(18(19)24(4)22-12)8-9-17(25)21-11-16(23(2)3)13-6-5-7-14(20)10-13/h5-10,16H,11H2,1-4H3,(H,21,25)/b9-8+. The van der Waals surface area contributed by atoms with E-state index in [2.05, 4.69) is 10.4 Å². The summed E-state index contributed by atoms with van der Waals surface area (Å²) in [4.78, 5) is 14.0. The molecule has 1 heterocycles. The molecule has 0 aliphatic carbocycles. The molecule has 134 valence electrons. The Morgan fingerprint density at radius 2 is 2.20 bits per heavy atom. The highest BCUT2D eigenvalue weighted by atomic mass is 35.5. The van der Waals surface area contributed by atoms with Crippen LogP contribution >= 0.6 is 11.6 Å². The SMILES string of the molecule is Cc1nn(C)c(Cl)c1/C=C/C(=O)NCC(c1cccc(F)c1)N(C)C. The van der Waals surface area contributed by atoms with Crippen LogP contribution in [0.3, 0.4) is 0 Å². The van der Waals surface area contributed by atoms with E-state index in [4.69, 9.17) is 11.6 Å². The fourth-order valence-electron chi connectivity index (χ4n) is 2.56. The van der Waals surface area contributed by atoms with Gasteiger partial charge in [-0.05, 0) is 44.8 Å². The number of rotatable bonds is 6. The van der Waals surface area contributed by atoms with Gasteiger partial charge in [0.1, 0.15) is 11.0 Å². The first-order valence-electron chi connectivity index (χ1n) is 7.86. The lowest BCUT2D eigenvalue weighted by atomic mass is 10.1. The van der Waals surface area contributed by atoms with E-state index in [1.165, 1.54) is 18.2 Å². The average Bonchev–Trinajstić information content (AvgIpc) is 2.78. The molecule has 1 aromatic carbocycles. The number of carbonyl (C=O) groups excluding carboxylic acids is 1. The van der Waals surface area contributed by atoms with Gasteiger partial charge in [0, 0.05) is 25.2 Å². The second kappa shape index (κ2) is 8.27. The lowest BCUT2D eigenvalue weighted by molar-refractivity contribution is -0.116. The van der Waals surface area contributed by atoms with E-state index >= 15 is 0 Å². The van der Waals surface area contributed by atoms with Crippen molar-refractivity contribution in [3.63, 3.8) is 0 Å². The Morgan fingerprint density at radius 1 is 1.48 bits per heavy atom. The number of aryl methyl sites for hydroxylation is 2. The maximum Gasteiger partial charge on any atom is 0.244 e. The lowest BCUT2D eigenvalue weighted by Crippen LogP contribution is -2.33. The summed E-state index contributed by atoms with van der Waals surface area (Å²) in [7, 11) is 5.51. The number of nitrogens with zero attached hydrogens (tertiary/aromatic N) is 3. The van der Waals surface area contributed by atoms with Crippen molar-refractivity contribution >= 4 is 23.6 Å². The highest BCUT2D eigenvalue weighted by molar-refractivity contribution is 6.31. The van der Waals surface area contributed by atoms with Crippen LogP contribution in [0, 0.1) is 12.7 Å². The van der Waals surface area contributed by atoms with Gasteiger partial charge in [-0.25, -0.2) is 4.39 Å². The molecule has 0 bridgehead atoms. The molecule has 0 saturated carbocycles. The van der Waals surface area contributed by atoms with Crippen LogP contribution in [0.1, 0.15) is 22.9 Å². The van der Waals surface area contributed by atoms with Gasteiger partial charge in [-0.15, -0.1) is 0 Å². The van der Waals surface area contributed by atoms with Crippen molar-refractivity contribution in [2.24, 2.45) is 7.05 Å². The zero-order valence-corrected chi connectivity index (χ0v) is 15.5. The predicted octanol–water partition coefficient (Wildman–Crippen LogP) is 2.95. The van der Waals surface area contributed by atoms with Gasteiger partial charge in [-0.2, -0.15) is 5.10 Å². The number of amides is 1. The number of aromatic nitrogens is 2. The second-order valence-corrected chi connectivity index (χ2v) is 6.38. The number of carbonyl (C=O) groups is 1. The van der Waals surface area contributed by atoms with Crippen molar-refractivity contribution in [3.05, 3.63) is 58.1 Å². The maximum absolute atomic E-state index is 13.4. The van der Waals surface area contributed by atoms with E-state index < -0.39 is 0 Å². The van der Waals surface area contributed by atoms with Crippen molar-refractivity contribution in [1.29, 1.82) is 0 Å². The van der Waals surface area contributed by atoms with Crippen LogP contribution in [-0.2, 0) is 11.8 Å². The zero-order valence-electron chi connectivity index (χ0n) is 14.8. The van der Waals surface area contributed by atoms with E-state index in [0.29, 0.717) is 17.3 Å². The summed E-state index contributed by atoms with van der Waals surface area (Å²) in [6.45, 7) is 2.19. The third-order valence-electron chi connectivity index (χ3n) is 3.92. The number of benzene rings is 1. The first-order valence-corrected chi connectivity index (χ1v) is 8.24. The van der Waals surface area contributed by atoms with Crippen LogP contribution in [0.25, 0.3) is 6.08 Å². The second-order valence-electron chi connectivity index (χ2n) is 6.03. The normalized spacial score (nSPS) is 12.8.